The molecule has 6 atom stereocenters. The van der Waals surface area contributed by atoms with E-state index in [1.807, 2.05) is 0 Å². The lowest BCUT2D eigenvalue weighted by atomic mass is 9.90. The van der Waals surface area contributed by atoms with Gasteiger partial charge < -0.3 is 31.1 Å². The van der Waals surface area contributed by atoms with Crippen molar-refractivity contribution >= 4 is 23.1 Å². The highest BCUT2D eigenvalue weighted by molar-refractivity contribution is 6.32. The van der Waals surface area contributed by atoms with Gasteiger partial charge in [-0.05, 0) is 6.42 Å². The maximum absolute atomic E-state index is 10.1. The highest BCUT2D eigenvalue weighted by atomic mass is 35.5. The first-order valence-electron chi connectivity index (χ1n) is 6.68. The van der Waals surface area contributed by atoms with Crippen molar-refractivity contribution in [3.63, 3.8) is 0 Å². The minimum atomic E-state index is -1.03. The first kappa shape index (κ1) is 14.7. The Kier molecular flexibility index (Phi) is 3.89. The first-order valence-corrected chi connectivity index (χ1v) is 7.05. The van der Waals surface area contributed by atoms with Crippen LogP contribution in [-0.2, 0) is 4.74 Å². The SMILES string of the molecule is Nc1c(Cl)ncnc1N[C@@H]1[C@H](CO)C[C@@H]2O[C@H]1[C@H](O)[C@H]2O. The van der Waals surface area contributed by atoms with Crippen LogP contribution in [0.5, 0.6) is 0 Å². The number of nitrogens with zero attached hydrogens (tertiary/aromatic N) is 2. The Morgan fingerprint density at radius 1 is 1.38 bits per heavy atom. The van der Waals surface area contributed by atoms with E-state index < -0.39 is 30.5 Å². The van der Waals surface area contributed by atoms with E-state index in [9.17, 15) is 15.3 Å². The average molecular weight is 317 g/mol. The fraction of sp³-hybridized carbons (Fsp3) is 0.667. The summed E-state index contributed by atoms with van der Waals surface area (Å²) in [5.74, 6) is 0.114. The van der Waals surface area contributed by atoms with Gasteiger partial charge in [0.15, 0.2) is 11.0 Å². The number of rotatable bonds is 3. The molecule has 1 aromatic heterocycles. The molecule has 3 heterocycles. The van der Waals surface area contributed by atoms with Gasteiger partial charge in [0.25, 0.3) is 0 Å². The van der Waals surface area contributed by atoms with Crippen LogP contribution in [0.25, 0.3) is 0 Å². The molecule has 2 fully saturated rings. The maximum atomic E-state index is 10.1. The number of anilines is 2. The topological polar surface area (TPSA) is 134 Å². The summed E-state index contributed by atoms with van der Waals surface area (Å²) in [6.07, 6.45) is -1.40. The van der Waals surface area contributed by atoms with Crippen molar-refractivity contribution in [1.82, 2.24) is 9.97 Å². The molecule has 116 valence electrons. The van der Waals surface area contributed by atoms with Crippen molar-refractivity contribution in [2.24, 2.45) is 5.92 Å². The number of fused-ring (bicyclic) bond motifs is 2. The summed E-state index contributed by atoms with van der Waals surface area (Å²) in [5, 5.41) is 32.7. The lowest BCUT2D eigenvalue weighted by Gasteiger charge is -2.37. The fourth-order valence-electron chi connectivity index (χ4n) is 3.02. The molecule has 6 N–H and O–H groups in total. The largest absolute Gasteiger partial charge is 0.396 e. The van der Waals surface area contributed by atoms with Crippen molar-refractivity contribution in [1.29, 1.82) is 0 Å². The Bertz CT molecular complexity index is 534. The second-order valence-corrected chi connectivity index (χ2v) is 5.75. The lowest BCUT2D eigenvalue weighted by Crippen LogP contribution is -2.49. The van der Waals surface area contributed by atoms with Crippen LogP contribution >= 0.6 is 11.6 Å². The third-order valence-corrected chi connectivity index (χ3v) is 4.47. The molecule has 21 heavy (non-hydrogen) atoms. The van der Waals surface area contributed by atoms with Crippen LogP contribution in [-0.4, -0.2) is 62.4 Å². The average Bonchev–Trinajstić information content (AvgIpc) is 2.71. The first-order chi connectivity index (χ1) is 10.0. The summed E-state index contributed by atoms with van der Waals surface area (Å²) in [4.78, 5) is 7.78. The number of nitrogens with two attached hydrogens (primary N) is 1. The smallest absolute Gasteiger partial charge is 0.157 e. The van der Waals surface area contributed by atoms with Crippen molar-refractivity contribution in [2.75, 3.05) is 17.7 Å². The zero-order valence-corrected chi connectivity index (χ0v) is 11.8. The normalized spacial score (nSPS) is 38.5. The number of nitrogen functional groups attached to an aromatic ring is 1. The van der Waals surface area contributed by atoms with Gasteiger partial charge in [0.1, 0.15) is 30.3 Å². The van der Waals surface area contributed by atoms with Gasteiger partial charge in [0.05, 0.1) is 12.1 Å². The molecule has 0 radical (unpaired) electrons. The summed E-state index contributed by atoms with van der Waals surface area (Å²) in [6.45, 7) is -0.105. The van der Waals surface area contributed by atoms with Gasteiger partial charge in [-0.1, -0.05) is 11.6 Å². The molecule has 0 unspecified atom stereocenters. The van der Waals surface area contributed by atoms with E-state index >= 15 is 0 Å². The van der Waals surface area contributed by atoms with Crippen molar-refractivity contribution in [2.45, 2.75) is 36.9 Å². The predicted molar refractivity (Wildman–Crippen MR) is 74.7 cm³/mol. The molecule has 2 aliphatic heterocycles. The second-order valence-electron chi connectivity index (χ2n) is 5.40. The third kappa shape index (κ3) is 2.43. The molecule has 3 rings (SSSR count). The van der Waals surface area contributed by atoms with E-state index in [1.165, 1.54) is 6.33 Å². The zero-order valence-electron chi connectivity index (χ0n) is 11.1. The molecule has 8 nitrogen and oxygen atoms in total. The summed E-state index contributed by atoms with van der Waals surface area (Å²) in [5.41, 5.74) is 6.00. The summed E-state index contributed by atoms with van der Waals surface area (Å²) in [6, 6.07) is -0.438. The van der Waals surface area contributed by atoms with E-state index in [2.05, 4.69) is 15.3 Å². The van der Waals surface area contributed by atoms with Gasteiger partial charge in [0, 0.05) is 12.5 Å². The molecular weight excluding hydrogens is 300 g/mol. The number of nitrogens with one attached hydrogen (secondary N) is 1. The highest BCUT2D eigenvalue weighted by Gasteiger charge is 2.53. The molecule has 9 heteroatoms. The minimum Gasteiger partial charge on any atom is -0.396 e. The molecule has 0 amide bonds. The maximum Gasteiger partial charge on any atom is 0.157 e. The molecule has 0 aliphatic carbocycles. The van der Waals surface area contributed by atoms with E-state index in [0.29, 0.717) is 12.2 Å². The number of halogens is 1. The van der Waals surface area contributed by atoms with Crippen LogP contribution in [0, 0.1) is 5.92 Å². The van der Waals surface area contributed by atoms with E-state index in [4.69, 9.17) is 22.1 Å². The molecule has 2 saturated heterocycles. The number of ether oxygens (including phenoxy) is 1. The van der Waals surface area contributed by atoms with Gasteiger partial charge in [-0.25, -0.2) is 9.97 Å². The molecule has 0 spiro atoms. The van der Waals surface area contributed by atoms with Crippen LogP contribution in [0.4, 0.5) is 11.5 Å². The van der Waals surface area contributed by atoms with Gasteiger partial charge in [0.2, 0.25) is 0 Å². The van der Waals surface area contributed by atoms with Crippen LogP contribution in [0.2, 0.25) is 5.15 Å². The van der Waals surface area contributed by atoms with E-state index in [1.54, 1.807) is 0 Å². The summed E-state index contributed by atoms with van der Waals surface area (Å²) >= 11 is 5.85. The molecule has 2 aliphatic rings. The van der Waals surface area contributed by atoms with Gasteiger partial charge in [-0.3, -0.25) is 0 Å². The predicted octanol–water partition coefficient (Wildman–Crippen LogP) is -1.01. The van der Waals surface area contributed by atoms with Crippen molar-refractivity contribution in [3.8, 4) is 0 Å². The van der Waals surface area contributed by atoms with Gasteiger partial charge in [-0.15, -0.1) is 0 Å². The van der Waals surface area contributed by atoms with E-state index in [0.717, 1.165) is 0 Å². The number of hydrogen-bond donors (Lipinski definition) is 5. The Labute approximate surface area is 125 Å². The monoisotopic (exact) mass is 316 g/mol. The highest BCUT2D eigenvalue weighted by Crippen LogP contribution is 2.38. The Morgan fingerprint density at radius 3 is 2.86 bits per heavy atom. The quantitative estimate of drug-likeness (QED) is 0.448. The van der Waals surface area contributed by atoms with E-state index in [-0.39, 0.29) is 23.4 Å². The second kappa shape index (κ2) is 5.54. The van der Waals surface area contributed by atoms with Gasteiger partial charge in [-0.2, -0.15) is 0 Å². The molecule has 0 aromatic carbocycles. The fourth-order valence-corrected chi connectivity index (χ4v) is 3.15. The van der Waals surface area contributed by atoms with Crippen LogP contribution in [0.1, 0.15) is 6.42 Å². The third-order valence-electron chi connectivity index (χ3n) is 4.17. The minimum absolute atomic E-state index is 0.105. The van der Waals surface area contributed by atoms with Gasteiger partial charge >= 0.3 is 0 Å². The van der Waals surface area contributed by atoms with Crippen LogP contribution < -0.4 is 11.1 Å². The molecular formula is C12H17ClN4O4. The standard InChI is InChI=1S/C12H17ClN4O4/c13-11-6(14)12(16-3-15-11)17-7-4(2-18)1-5-8(19)9(20)10(7)21-5/h3-5,7-10,18-20H,1-2,14H2,(H,15,16,17)/t4-,5-,7+,8-,9+,10+/m0/s1. The molecule has 0 saturated carbocycles. The Balaban J connectivity index is 1.87. The Morgan fingerprint density at radius 2 is 2.14 bits per heavy atom. The number of aliphatic hydroxyl groups is 3. The molecule has 2 bridgehead atoms. The van der Waals surface area contributed by atoms with Crippen LogP contribution in [0.3, 0.4) is 0 Å². The lowest BCUT2D eigenvalue weighted by molar-refractivity contribution is -0.0657. The summed E-state index contributed by atoms with van der Waals surface area (Å²) < 4.78 is 5.62. The zero-order chi connectivity index (χ0) is 15.1. The number of aliphatic hydroxyl groups excluding tert-OH is 3. The summed E-state index contributed by atoms with van der Waals surface area (Å²) in [7, 11) is 0. The van der Waals surface area contributed by atoms with Crippen molar-refractivity contribution in [3.05, 3.63) is 11.5 Å². The van der Waals surface area contributed by atoms with Crippen LogP contribution in [0.15, 0.2) is 6.33 Å². The van der Waals surface area contributed by atoms with Crippen molar-refractivity contribution < 1.29 is 20.1 Å². The number of hydrogen-bond acceptors (Lipinski definition) is 8. The molecule has 1 aromatic rings. The Hall–Kier alpha value is -1.19. The number of aromatic nitrogens is 2.